The van der Waals surface area contributed by atoms with Crippen molar-refractivity contribution >= 4 is 170 Å². The summed E-state index contributed by atoms with van der Waals surface area (Å²) in [5.74, 6) is 4.91. The number of amides is 1. The van der Waals surface area contributed by atoms with Gasteiger partial charge in [-0.05, 0) is 245 Å². The number of hydrogen-bond donors (Lipinski definition) is 5. The smallest absolute Gasteiger partial charge is 1.00 e. The molecule has 0 aliphatic heterocycles. The number of rotatable bonds is 34. The van der Waals surface area contributed by atoms with Crippen LogP contribution in [-0.2, 0) is 0 Å². The van der Waals surface area contributed by atoms with Crippen LogP contribution in [0.2, 0.25) is 0 Å². The first kappa shape index (κ1) is 126. The minimum absolute atomic E-state index is 0. The van der Waals surface area contributed by atoms with Crippen LogP contribution < -0.4 is 68.6 Å². The van der Waals surface area contributed by atoms with Crippen LogP contribution in [0.25, 0.3) is 53.9 Å². The zero-order chi connectivity index (χ0) is 103. The van der Waals surface area contributed by atoms with Crippen LogP contribution in [-0.4, -0.2) is 149 Å². The topological polar surface area (TPSA) is 187 Å². The summed E-state index contributed by atoms with van der Waals surface area (Å²) in [6, 6.07) is 122. The van der Waals surface area contributed by atoms with E-state index in [0.717, 1.165) is 119 Å². The monoisotopic (exact) mass is 2200 g/mol. The summed E-state index contributed by atoms with van der Waals surface area (Å²) in [6.07, 6.45) is 4.39. The van der Waals surface area contributed by atoms with E-state index < -0.39 is 5.43 Å². The molecular formula is C122H137Cl3FN6NaO11S6. The van der Waals surface area contributed by atoms with Crippen LogP contribution in [0.3, 0.4) is 0 Å². The van der Waals surface area contributed by atoms with Crippen molar-refractivity contribution in [2.24, 2.45) is 0 Å². The maximum Gasteiger partial charge on any atom is 1.00 e. The van der Waals surface area contributed by atoms with Crippen molar-refractivity contribution in [3.8, 4) is 40.2 Å². The SMILES string of the molecule is C.CN(C)CCC(O)c1cccs1.CN(C)CC[C@H](O)c1cccs1.CN(C)CC[C@H](Oc1cccc2ccccc12)c1cccs1.CN(CC[C@H](Oc1cccc2ccccc12)c1cccs1)C(=O)Oc1ccccc1.CNCC[C@H](Oc1cccc2ccccc12)c1cccs1.CNCC[C@H](Oc1cccc2ccccc12)c1cccs1.Cl.Cl.Fc1cccc2ccccc12.O=C(Cl)Oc1ccccc1.Oc1ccccc1.[H-].[Na+]. The van der Waals surface area contributed by atoms with Gasteiger partial charge in [0.05, 0.1) is 12.2 Å². The van der Waals surface area contributed by atoms with Crippen molar-refractivity contribution in [3.05, 3.63) is 443 Å². The number of fused-ring (bicyclic) bond motifs is 5. The van der Waals surface area contributed by atoms with Gasteiger partial charge >= 0.3 is 41.1 Å². The number of benzene rings is 13. The van der Waals surface area contributed by atoms with Crippen LogP contribution in [0.15, 0.2) is 408 Å². The molecule has 786 valence electrons. The quantitative estimate of drug-likeness (QED) is 0.0189. The molecule has 1 amide bonds. The predicted molar refractivity (Wildman–Crippen MR) is 634 cm³/mol. The average molecular weight is 2200 g/mol. The molecule has 6 heterocycles. The van der Waals surface area contributed by atoms with Crippen LogP contribution in [0.4, 0.5) is 14.0 Å². The number of phenolic OH excluding ortho intramolecular Hbond substituents is 1. The van der Waals surface area contributed by atoms with Gasteiger partial charge in [-0.2, -0.15) is 0 Å². The summed E-state index contributed by atoms with van der Waals surface area (Å²) in [5.41, 5.74) is -0.814. The molecular weight excluding hydrogens is 2070 g/mol. The zero-order valence-corrected chi connectivity index (χ0v) is 94.9. The molecule has 0 saturated heterocycles. The molecule has 150 heavy (non-hydrogen) atoms. The zero-order valence-electron chi connectivity index (χ0n) is 86.6. The molecule has 0 bridgehead atoms. The Kier molecular flexibility index (Phi) is 59.2. The van der Waals surface area contributed by atoms with Gasteiger partial charge in [0.1, 0.15) is 70.5 Å². The second-order valence-electron chi connectivity index (χ2n) is 34.4. The van der Waals surface area contributed by atoms with E-state index in [0.29, 0.717) is 35.6 Å². The van der Waals surface area contributed by atoms with E-state index in [2.05, 4.69) is 248 Å². The van der Waals surface area contributed by atoms with E-state index in [-0.39, 0.29) is 112 Å². The summed E-state index contributed by atoms with van der Waals surface area (Å²) in [6.45, 7) is 5.26. The van der Waals surface area contributed by atoms with Crippen molar-refractivity contribution in [1.82, 2.24) is 30.2 Å². The van der Waals surface area contributed by atoms with E-state index in [4.69, 9.17) is 40.4 Å². The Labute approximate surface area is 949 Å². The third-order valence-electron chi connectivity index (χ3n) is 22.5. The normalized spacial score (nSPS) is 11.6. The summed E-state index contributed by atoms with van der Waals surface area (Å²) in [4.78, 5) is 37.6. The summed E-state index contributed by atoms with van der Waals surface area (Å²) in [7, 11) is 18.0. The second kappa shape index (κ2) is 70.7. The third kappa shape index (κ3) is 43.8. The molecule has 13 aromatic carbocycles. The molecule has 6 atom stereocenters. The summed E-state index contributed by atoms with van der Waals surface area (Å²) < 4.78 is 48.5. The third-order valence-corrected chi connectivity index (χ3v) is 28.4. The number of phenols is 1. The minimum Gasteiger partial charge on any atom is -1.00 e. The first-order valence-corrected chi connectivity index (χ1v) is 54.0. The average Bonchev–Trinajstić information content (AvgIpc) is 1.75. The number of aliphatic hydroxyl groups excluding tert-OH is 2. The van der Waals surface area contributed by atoms with Crippen LogP contribution in [0.5, 0.6) is 40.2 Å². The van der Waals surface area contributed by atoms with Gasteiger partial charge in [0, 0.05) is 127 Å². The molecule has 0 aliphatic rings. The Balaban J connectivity index is 0.000000265. The van der Waals surface area contributed by atoms with Crippen LogP contribution in [0.1, 0.15) is 113 Å². The van der Waals surface area contributed by atoms with Crippen molar-refractivity contribution in [3.63, 3.8) is 0 Å². The van der Waals surface area contributed by atoms with E-state index >= 15 is 0 Å². The summed E-state index contributed by atoms with van der Waals surface area (Å²) in [5, 5.41) is 57.7. The van der Waals surface area contributed by atoms with Crippen molar-refractivity contribution in [1.29, 1.82) is 0 Å². The predicted octanol–water partition coefficient (Wildman–Crippen LogP) is 29.6. The van der Waals surface area contributed by atoms with Gasteiger partial charge in [0.25, 0.3) is 0 Å². The molecule has 19 aromatic rings. The van der Waals surface area contributed by atoms with Crippen molar-refractivity contribution in [2.45, 2.75) is 82.6 Å². The number of nitrogens with zero attached hydrogens (tertiary/aromatic N) is 4. The van der Waals surface area contributed by atoms with Crippen molar-refractivity contribution in [2.75, 3.05) is 103 Å². The minimum atomic E-state index is -0.814. The number of carbonyl (C=O) groups excluding carboxylic acids is 2. The standard InChI is InChI=1S/C25H23NO3S.C19H21NOS.2C18H19NOS.C10H7F.2C9H15NOS.C7H5ClO2.C6H6O.CH4.2ClH.Na.H/c1-26(25(27)28-20-11-3-2-4-12-20)17-16-23(24-15-8-18-30-24)29-22-14-7-10-19-9-5-6-13-21(19)22;1-20(2)13-12-18(19-11-6-14-22-19)21-17-10-5-8-15-7-3-4-9-16(15)17;2*1-19-12-11-17(18-10-5-13-21-18)20-16-9-4-7-14-6-2-3-8-15(14)16;11-10-7-3-5-8-4-1-2-6-9(8)10;2*1-10(2)6-5-8(11)9-4-3-7-12-9;8-7(9)10-6-4-2-1-3-5-6;7-6-4-2-1-3-5-6;;;;;/h2-15,18,23H,16-17H2,1H3;3-11,14,18H,12-13H2,1-2H3;2*2-10,13,17,19H,11-12H2,1H3;1-7H;2*3-4,7-8,11H,5-6H2,1-2H3;1-5H;1-5,7H;1H4;2*1H;;/q;;;;;;;;;;;;+1;-1/t23-;18-;2*17-;;8-;;;;;;;;/m0000.0......../s1. The molecule has 0 spiro atoms. The number of aliphatic hydroxyl groups is 2. The first-order chi connectivity index (χ1) is 71.2. The number of aromatic hydroxyl groups is 1. The van der Waals surface area contributed by atoms with E-state index in [1.165, 1.54) is 53.0 Å². The molecule has 17 nitrogen and oxygen atoms in total. The van der Waals surface area contributed by atoms with Crippen molar-refractivity contribution < 1.29 is 88.7 Å². The van der Waals surface area contributed by atoms with Gasteiger partial charge in [0.2, 0.25) is 0 Å². The molecule has 5 N–H and O–H groups in total. The molecule has 0 saturated carbocycles. The Morgan fingerprint density at radius 3 is 0.853 bits per heavy atom. The van der Waals surface area contributed by atoms with E-state index in [9.17, 15) is 24.2 Å². The first-order valence-electron chi connectivity index (χ1n) is 48.3. The van der Waals surface area contributed by atoms with Gasteiger partial charge in [-0.25, -0.2) is 14.0 Å². The fourth-order valence-electron chi connectivity index (χ4n) is 14.9. The molecule has 6 aromatic heterocycles. The molecule has 0 fully saturated rings. The number of para-hydroxylation sites is 3. The number of hydrogen-bond acceptors (Lipinski definition) is 22. The largest absolute Gasteiger partial charge is 1.00 e. The summed E-state index contributed by atoms with van der Waals surface area (Å²) >= 11 is 15.1. The Bertz CT molecular complexity index is 6640. The van der Waals surface area contributed by atoms with Gasteiger partial charge < -0.3 is 75.4 Å². The fourth-order valence-corrected chi connectivity index (χ4v) is 19.7. The number of nitrogens with one attached hydrogen (secondary N) is 2. The molecule has 0 aliphatic carbocycles. The van der Waals surface area contributed by atoms with Crippen LogP contribution >= 0.6 is 104 Å². The molecule has 28 heteroatoms. The maximum atomic E-state index is 13.0. The van der Waals surface area contributed by atoms with Gasteiger partial charge in [-0.3, -0.25) is 0 Å². The Morgan fingerprint density at radius 1 is 0.320 bits per heavy atom. The Hall–Kier alpha value is -11.4. The maximum absolute atomic E-state index is 13.0. The van der Waals surface area contributed by atoms with Gasteiger partial charge in [0.15, 0.2) is 0 Å². The number of ether oxygens (including phenoxy) is 6. The number of halogens is 4. The fraction of sp³-hybridized carbons (Fsp3) is 0.230. The second-order valence-corrected chi connectivity index (χ2v) is 40.5. The molecule has 19 rings (SSSR count). The van der Waals surface area contributed by atoms with E-state index in [1.54, 1.807) is 153 Å². The Morgan fingerprint density at radius 2 is 0.573 bits per heavy atom. The van der Waals surface area contributed by atoms with Gasteiger partial charge in [-0.15, -0.1) is 92.8 Å². The number of thiophene rings is 6. The molecule has 1 unspecified atom stereocenters. The number of carbonyl (C=O) groups is 2. The molecule has 0 radical (unpaired) electrons. The van der Waals surface area contributed by atoms with Crippen LogP contribution in [0, 0.1) is 5.82 Å². The van der Waals surface area contributed by atoms with E-state index in [1.807, 2.05) is 168 Å². The van der Waals surface area contributed by atoms with Gasteiger partial charge in [-0.1, -0.05) is 280 Å².